The van der Waals surface area contributed by atoms with Gasteiger partial charge in [-0.3, -0.25) is 0 Å². The lowest BCUT2D eigenvalue weighted by atomic mass is 9.91. The molecule has 0 aliphatic carbocycles. The number of rotatable bonds is 4. The van der Waals surface area contributed by atoms with Gasteiger partial charge < -0.3 is 20.4 Å². The predicted octanol–water partition coefficient (Wildman–Crippen LogP) is 4.24. The second kappa shape index (κ2) is 6.43. The Balaban J connectivity index is 2.64. The van der Waals surface area contributed by atoms with E-state index < -0.39 is 0 Å². The summed E-state index contributed by atoms with van der Waals surface area (Å²) in [6.45, 7) is 3.99. The van der Waals surface area contributed by atoms with Crippen LogP contribution < -0.4 is 0 Å². The van der Waals surface area contributed by atoms with E-state index in [1.54, 1.807) is 18.2 Å². The van der Waals surface area contributed by atoms with Gasteiger partial charge in [0.2, 0.25) is 0 Å². The van der Waals surface area contributed by atoms with E-state index in [-0.39, 0.29) is 23.0 Å². The summed E-state index contributed by atoms with van der Waals surface area (Å²) in [6, 6.07) is 9.21. The summed E-state index contributed by atoms with van der Waals surface area (Å²) >= 11 is 0. The van der Waals surface area contributed by atoms with Crippen LogP contribution >= 0.6 is 0 Å². The monoisotopic (exact) mass is 300 g/mol. The highest BCUT2D eigenvalue weighted by molar-refractivity contribution is 5.91. The maximum Gasteiger partial charge on any atom is 0.157 e. The van der Waals surface area contributed by atoms with Gasteiger partial charge in [-0.05, 0) is 59.4 Å². The first-order chi connectivity index (χ1) is 10.5. The van der Waals surface area contributed by atoms with Crippen LogP contribution in [-0.2, 0) is 0 Å². The fourth-order valence-electron chi connectivity index (χ4n) is 2.66. The summed E-state index contributed by atoms with van der Waals surface area (Å²) in [6.07, 6.45) is 1.41. The average molecular weight is 300 g/mol. The zero-order chi connectivity index (χ0) is 16.3. The SMILES string of the molecule is CC/C(=C(/CC)c1ccc(O)c(O)c1)c1cc(O)cc(O)c1. The van der Waals surface area contributed by atoms with E-state index >= 15 is 0 Å². The van der Waals surface area contributed by atoms with Crippen LogP contribution in [0, 0.1) is 0 Å². The second-order valence-electron chi connectivity index (χ2n) is 5.11. The van der Waals surface area contributed by atoms with Gasteiger partial charge >= 0.3 is 0 Å². The van der Waals surface area contributed by atoms with Crippen molar-refractivity contribution >= 4 is 11.1 Å². The third-order valence-corrected chi connectivity index (χ3v) is 3.65. The molecule has 0 atom stereocenters. The maximum atomic E-state index is 9.71. The molecular formula is C18H20O4. The molecule has 0 aliphatic rings. The number of phenolic OH excluding ortho intramolecular Hbond substituents is 4. The van der Waals surface area contributed by atoms with Crippen molar-refractivity contribution in [2.45, 2.75) is 26.7 Å². The lowest BCUT2D eigenvalue weighted by molar-refractivity contribution is 0.403. The van der Waals surface area contributed by atoms with Crippen molar-refractivity contribution in [3.63, 3.8) is 0 Å². The summed E-state index contributed by atoms with van der Waals surface area (Å²) < 4.78 is 0. The molecule has 4 N–H and O–H groups in total. The minimum absolute atomic E-state index is 0.00459. The molecule has 0 aromatic heterocycles. The fourth-order valence-corrected chi connectivity index (χ4v) is 2.66. The standard InChI is InChI=1S/C18H20O4/c1-3-15(11-5-6-17(21)18(22)9-11)16(4-2)12-7-13(19)10-14(20)8-12/h5-10,19-22H,3-4H2,1-2H3/b16-15+. The number of aromatic hydroxyl groups is 4. The molecule has 0 fully saturated rings. The highest BCUT2D eigenvalue weighted by atomic mass is 16.3. The largest absolute Gasteiger partial charge is 0.508 e. The van der Waals surface area contributed by atoms with Crippen LogP contribution in [0.25, 0.3) is 11.1 Å². The average Bonchev–Trinajstić information content (AvgIpc) is 2.46. The topological polar surface area (TPSA) is 80.9 Å². The molecule has 0 radical (unpaired) electrons. The number of benzene rings is 2. The van der Waals surface area contributed by atoms with Crippen molar-refractivity contribution < 1.29 is 20.4 Å². The molecule has 0 saturated heterocycles. The molecule has 0 bridgehead atoms. The molecule has 0 amide bonds. The van der Waals surface area contributed by atoms with Crippen molar-refractivity contribution in [2.75, 3.05) is 0 Å². The van der Waals surface area contributed by atoms with E-state index in [0.717, 1.165) is 22.3 Å². The van der Waals surface area contributed by atoms with Crippen LogP contribution in [0.15, 0.2) is 36.4 Å². The summed E-state index contributed by atoms with van der Waals surface area (Å²) in [5, 5.41) is 38.5. The van der Waals surface area contributed by atoms with Crippen LogP contribution in [-0.4, -0.2) is 20.4 Å². The molecule has 0 saturated carbocycles. The van der Waals surface area contributed by atoms with Crippen molar-refractivity contribution in [1.82, 2.24) is 0 Å². The first-order valence-corrected chi connectivity index (χ1v) is 7.24. The molecule has 0 heterocycles. The number of hydrogen-bond acceptors (Lipinski definition) is 4. The third kappa shape index (κ3) is 3.17. The zero-order valence-electron chi connectivity index (χ0n) is 12.7. The van der Waals surface area contributed by atoms with Gasteiger partial charge in [0, 0.05) is 6.07 Å². The van der Waals surface area contributed by atoms with Gasteiger partial charge in [-0.1, -0.05) is 19.9 Å². The second-order valence-corrected chi connectivity index (χ2v) is 5.11. The quantitative estimate of drug-likeness (QED) is 0.503. The van der Waals surface area contributed by atoms with Gasteiger partial charge in [0.1, 0.15) is 11.5 Å². The van der Waals surface area contributed by atoms with Gasteiger partial charge in [0.25, 0.3) is 0 Å². The normalized spacial score (nSPS) is 12.1. The van der Waals surface area contributed by atoms with E-state index in [4.69, 9.17) is 0 Å². The van der Waals surface area contributed by atoms with Gasteiger partial charge in [0.15, 0.2) is 11.5 Å². The Labute approximate surface area is 129 Å². The van der Waals surface area contributed by atoms with E-state index in [1.165, 1.54) is 18.2 Å². The van der Waals surface area contributed by atoms with Crippen LogP contribution in [0.1, 0.15) is 37.8 Å². The van der Waals surface area contributed by atoms with E-state index in [0.29, 0.717) is 12.8 Å². The van der Waals surface area contributed by atoms with Gasteiger partial charge in [-0.2, -0.15) is 0 Å². The molecule has 2 rings (SSSR count). The zero-order valence-corrected chi connectivity index (χ0v) is 12.7. The molecule has 0 spiro atoms. The molecule has 2 aromatic rings. The molecule has 116 valence electrons. The van der Waals surface area contributed by atoms with Crippen molar-refractivity contribution in [2.24, 2.45) is 0 Å². The number of hydrogen-bond donors (Lipinski definition) is 4. The molecule has 2 aromatic carbocycles. The fraction of sp³-hybridized carbons (Fsp3) is 0.222. The molecule has 0 aliphatic heterocycles. The van der Waals surface area contributed by atoms with Crippen molar-refractivity contribution in [3.8, 4) is 23.0 Å². The van der Waals surface area contributed by atoms with Crippen LogP contribution in [0.5, 0.6) is 23.0 Å². The summed E-state index contributed by atoms with van der Waals surface area (Å²) in [5.74, 6) is -0.320. The maximum absolute atomic E-state index is 9.71. The summed E-state index contributed by atoms with van der Waals surface area (Å²) in [4.78, 5) is 0. The predicted molar refractivity (Wildman–Crippen MR) is 86.9 cm³/mol. The first kappa shape index (κ1) is 15.8. The van der Waals surface area contributed by atoms with E-state index in [1.807, 2.05) is 13.8 Å². The Morgan fingerprint density at radius 1 is 0.682 bits per heavy atom. The minimum atomic E-state index is -0.169. The Bertz CT molecular complexity index is 697. The Kier molecular flexibility index (Phi) is 4.61. The summed E-state index contributed by atoms with van der Waals surface area (Å²) in [7, 11) is 0. The van der Waals surface area contributed by atoms with E-state index in [9.17, 15) is 20.4 Å². The Morgan fingerprint density at radius 3 is 1.73 bits per heavy atom. The highest BCUT2D eigenvalue weighted by Crippen LogP contribution is 2.37. The number of allylic oxidation sites excluding steroid dienone is 2. The van der Waals surface area contributed by atoms with Gasteiger partial charge in [-0.15, -0.1) is 0 Å². The van der Waals surface area contributed by atoms with Crippen LogP contribution in [0.3, 0.4) is 0 Å². The van der Waals surface area contributed by atoms with Crippen molar-refractivity contribution in [3.05, 3.63) is 47.5 Å². The van der Waals surface area contributed by atoms with Crippen LogP contribution in [0.2, 0.25) is 0 Å². The molecule has 4 nitrogen and oxygen atoms in total. The third-order valence-electron chi connectivity index (χ3n) is 3.65. The lowest BCUT2D eigenvalue weighted by Gasteiger charge is -2.15. The Hall–Kier alpha value is -2.62. The van der Waals surface area contributed by atoms with Crippen molar-refractivity contribution in [1.29, 1.82) is 0 Å². The smallest absolute Gasteiger partial charge is 0.157 e. The van der Waals surface area contributed by atoms with E-state index in [2.05, 4.69) is 0 Å². The number of phenols is 4. The summed E-state index contributed by atoms with van der Waals surface area (Å²) in [5.41, 5.74) is 3.50. The van der Waals surface area contributed by atoms with Gasteiger partial charge in [-0.25, -0.2) is 0 Å². The Morgan fingerprint density at radius 2 is 1.23 bits per heavy atom. The van der Waals surface area contributed by atoms with Crippen LogP contribution in [0.4, 0.5) is 0 Å². The molecular weight excluding hydrogens is 280 g/mol. The van der Waals surface area contributed by atoms with Gasteiger partial charge in [0.05, 0.1) is 0 Å². The first-order valence-electron chi connectivity index (χ1n) is 7.24. The molecule has 22 heavy (non-hydrogen) atoms. The minimum Gasteiger partial charge on any atom is -0.508 e. The molecule has 4 heteroatoms. The highest BCUT2D eigenvalue weighted by Gasteiger charge is 2.12. The lowest BCUT2D eigenvalue weighted by Crippen LogP contribution is -1.92. The molecule has 0 unspecified atom stereocenters.